The van der Waals surface area contributed by atoms with Gasteiger partial charge in [-0.05, 0) is 35.7 Å². The summed E-state index contributed by atoms with van der Waals surface area (Å²) < 4.78 is 25.4. The number of amides is 1. The van der Waals surface area contributed by atoms with Crippen LogP contribution >= 0.6 is 11.3 Å². The SMILES string of the molecule is CCCS(=O)(=O)NC(C)C(=O)NCC(O)c1ccsc1. The van der Waals surface area contributed by atoms with Crippen molar-refractivity contribution in [1.29, 1.82) is 0 Å². The van der Waals surface area contributed by atoms with Crippen LogP contribution in [0.5, 0.6) is 0 Å². The summed E-state index contributed by atoms with van der Waals surface area (Å²) in [5, 5.41) is 16.0. The van der Waals surface area contributed by atoms with Crippen LogP contribution in [0, 0.1) is 0 Å². The van der Waals surface area contributed by atoms with Crippen molar-refractivity contribution in [3.63, 3.8) is 0 Å². The van der Waals surface area contributed by atoms with Gasteiger partial charge in [-0.2, -0.15) is 11.3 Å². The van der Waals surface area contributed by atoms with Crippen LogP contribution < -0.4 is 10.0 Å². The van der Waals surface area contributed by atoms with E-state index in [9.17, 15) is 18.3 Å². The molecule has 0 aliphatic heterocycles. The highest BCUT2D eigenvalue weighted by molar-refractivity contribution is 7.89. The van der Waals surface area contributed by atoms with Crippen molar-refractivity contribution in [2.75, 3.05) is 12.3 Å². The lowest BCUT2D eigenvalue weighted by Gasteiger charge is -2.16. The molecule has 0 spiro atoms. The molecule has 0 aliphatic rings. The fourth-order valence-electron chi connectivity index (χ4n) is 1.58. The van der Waals surface area contributed by atoms with Crippen LogP contribution in [0.2, 0.25) is 0 Å². The predicted molar refractivity (Wildman–Crippen MR) is 79.0 cm³/mol. The van der Waals surface area contributed by atoms with Crippen molar-refractivity contribution >= 4 is 27.3 Å². The Morgan fingerprint density at radius 2 is 2.20 bits per heavy atom. The number of aliphatic hydroxyl groups is 1. The quantitative estimate of drug-likeness (QED) is 0.654. The highest BCUT2D eigenvalue weighted by Crippen LogP contribution is 2.14. The number of carbonyl (C=O) groups is 1. The van der Waals surface area contributed by atoms with Gasteiger partial charge in [-0.25, -0.2) is 13.1 Å². The van der Waals surface area contributed by atoms with Crippen LogP contribution in [-0.4, -0.2) is 37.8 Å². The minimum Gasteiger partial charge on any atom is -0.387 e. The van der Waals surface area contributed by atoms with Gasteiger partial charge in [0, 0.05) is 6.54 Å². The molecule has 0 saturated carbocycles. The Bertz CT molecular complexity index is 514. The van der Waals surface area contributed by atoms with Gasteiger partial charge in [0.25, 0.3) is 0 Å². The minimum absolute atomic E-state index is 0.0118. The summed E-state index contributed by atoms with van der Waals surface area (Å²) in [7, 11) is -3.43. The second-order valence-corrected chi connectivity index (χ2v) is 7.13. The van der Waals surface area contributed by atoms with Gasteiger partial charge in [-0.3, -0.25) is 4.79 Å². The van der Waals surface area contributed by atoms with Gasteiger partial charge in [0.1, 0.15) is 0 Å². The predicted octanol–water partition coefficient (Wildman–Crippen LogP) is 0.616. The van der Waals surface area contributed by atoms with Gasteiger partial charge in [0.2, 0.25) is 15.9 Å². The van der Waals surface area contributed by atoms with Gasteiger partial charge < -0.3 is 10.4 Å². The lowest BCUT2D eigenvalue weighted by molar-refractivity contribution is -0.122. The first-order chi connectivity index (χ1) is 9.35. The molecule has 1 aromatic heterocycles. The Morgan fingerprint density at radius 3 is 2.75 bits per heavy atom. The molecule has 0 radical (unpaired) electrons. The van der Waals surface area contributed by atoms with E-state index in [1.807, 2.05) is 5.38 Å². The van der Waals surface area contributed by atoms with E-state index >= 15 is 0 Å². The molecule has 2 atom stereocenters. The summed E-state index contributed by atoms with van der Waals surface area (Å²) in [6.07, 6.45) is -0.301. The maximum Gasteiger partial charge on any atom is 0.237 e. The van der Waals surface area contributed by atoms with Crippen LogP contribution in [-0.2, 0) is 14.8 Å². The van der Waals surface area contributed by atoms with E-state index in [2.05, 4.69) is 10.0 Å². The fraction of sp³-hybridized carbons (Fsp3) is 0.583. The number of rotatable bonds is 8. The first kappa shape index (κ1) is 17.1. The van der Waals surface area contributed by atoms with Crippen LogP contribution in [0.1, 0.15) is 31.9 Å². The van der Waals surface area contributed by atoms with Gasteiger partial charge in [0.05, 0.1) is 17.9 Å². The zero-order valence-electron chi connectivity index (χ0n) is 11.5. The smallest absolute Gasteiger partial charge is 0.237 e. The minimum atomic E-state index is -3.43. The molecule has 3 N–H and O–H groups in total. The Labute approximate surface area is 123 Å². The first-order valence-corrected chi connectivity index (χ1v) is 8.93. The number of aliphatic hydroxyl groups excluding tert-OH is 1. The molecular formula is C12H20N2O4S2. The zero-order valence-corrected chi connectivity index (χ0v) is 13.1. The highest BCUT2D eigenvalue weighted by atomic mass is 32.2. The molecule has 114 valence electrons. The molecule has 0 bridgehead atoms. The van der Waals surface area contributed by atoms with Crippen molar-refractivity contribution in [3.8, 4) is 0 Å². The van der Waals surface area contributed by atoms with Gasteiger partial charge in [-0.15, -0.1) is 0 Å². The van der Waals surface area contributed by atoms with Gasteiger partial charge in [-0.1, -0.05) is 6.92 Å². The number of thiophene rings is 1. The molecule has 8 heteroatoms. The highest BCUT2D eigenvalue weighted by Gasteiger charge is 2.20. The van der Waals surface area contributed by atoms with E-state index in [4.69, 9.17) is 0 Å². The summed E-state index contributed by atoms with van der Waals surface area (Å²) in [5.41, 5.74) is 0.731. The third kappa shape index (κ3) is 5.58. The molecule has 20 heavy (non-hydrogen) atoms. The largest absolute Gasteiger partial charge is 0.387 e. The third-order valence-corrected chi connectivity index (χ3v) is 4.98. The second-order valence-electron chi connectivity index (χ2n) is 4.48. The molecular weight excluding hydrogens is 300 g/mol. The van der Waals surface area contributed by atoms with E-state index in [0.29, 0.717) is 6.42 Å². The molecule has 1 aromatic rings. The Morgan fingerprint density at radius 1 is 1.50 bits per heavy atom. The maximum atomic E-state index is 11.8. The van der Waals surface area contributed by atoms with Crippen molar-refractivity contribution in [3.05, 3.63) is 22.4 Å². The standard InChI is InChI=1S/C12H20N2O4S2/c1-3-6-20(17,18)14-9(2)12(16)13-7-11(15)10-4-5-19-8-10/h4-5,8-9,11,14-15H,3,6-7H2,1-2H3,(H,13,16). The molecule has 1 amide bonds. The summed E-state index contributed by atoms with van der Waals surface area (Å²) in [5.74, 6) is -0.471. The van der Waals surface area contributed by atoms with Crippen LogP contribution in [0.15, 0.2) is 16.8 Å². The third-order valence-electron chi connectivity index (χ3n) is 2.62. The Kier molecular flexibility index (Phi) is 6.60. The van der Waals surface area contributed by atoms with Gasteiger partial charge >= 0.3 is 0 Å². The van der Waals surface area contributed by atoms with Crippen molar-refractivity contribution in [1.82, 2.24) is 10.0 Å². The molecule has 0 aromatic carbocycles. The average Bonchev–Trinajstić information content (AvgIpc) is 2.88. The Hall–Kier alpha value is -0.960. The lowest BCUT2D eigenvalue weighted by Crippen LogP contribution is -2.46. The zero-order chi connectivity index (χ0) is 15.2. The maximum absolute atomic E-state index is 11.8. The van der Waals surface area contributed by atoms with Gasteiger partial charge in [0.15, 0.2) is 0 Å². The van der Waals surface area contributed by atoms with E-state index < -0.39 is 28.1 Å². The Balaban J connectivity index is 2.42. The first-order valence-electron chi connectivity index (χ1n) is 6.33. The van der Waals surface area contributed by atoms with Crippen molar-refractivity contribution in [2.45, 2.75) is 32.4 Å². The van der Waals surface area contributed by atoms with E-state index in [1.54, 1.807) is 18.4 Å². The van der Waals surface area contributed by atoms with Crippen LogP contribution in [0.4, 0.5) is 0 Å². The topological polar surface area (TPSA) is 95.5 Å². The molecule has 2 unspecified atom stereocenters. The molecule has 0 saturated heterocycles. The van der Waals surface area contributed by atoms with E-state index in [-0.39, 0.29) is 12.3 Å². The fourth-order valence-corrected chi connectivity index (χ4v) is 3.59. The lowest BCUT2D eigenvalue weighted by atomic mass is 10.2. The average molecular weight is 320 g/mol. The summed E-state index contributed by atoms with van der Waals surface area (Å²) >= 11 is 1.46. The molecule has 6 nitrogen and oxygen atoms in total. The van der Waals surface area contributed by atoms with E-state index in [0.717, 1.165) is 5.56 Å². The second kappa shape index (κ2) is 7.72. The van der Waals surface area contributed by atoms with E-state index in [1.165, 1.54) is 18.3 Å². The normalized spacial score (nSPS) is 14.8. The van der Waals surface area contributed by atoms with Crippen LogP contribution in [0.3, 0.4) is 0 Å². The molecule has 1 rings (SSSR count). The monoisotopic (exact) mass is 320 g/mol. The summed E-state index contributed by atoms with van der Waals surface area (Å²) in [4.78, 5) is 11.8. The van der Waals surface area contributed by atoms with Crippen molar-refractivity contribution < 1.29 is 18.3 Å². The number of carbonyl (C=O) groups excluding carboxylic acids is 1. The molecule has 1 heterocycles. The molecule has 0 aliphatic carbocycles. The number of sulfonamides is 1. The summed E-state index contributed by atoms with van der Waals surface area (Å²) in [6.45, 7) is 3.27. The van der Waals surface area contributed by atoms with Crippen molar-refractivity contribution in [2.24, 2.45) is 0 Å². The number of hydrogen-bond donors (Lipinski definition) is 3. The molecule has 0 fully saturated rings. The number of hydrogen-bond acceptors (Lipinski definition) is 5. The summed E-state index contributed by atoms with van der Waals surface area (Å²) in [6, 6.07) is 0.913. The van der Waals surface area contributed by atoms with Crippen LogP contribution in [0.25, 0.3) is 0 Å². The number of nitrogens with one attached hydrogen (secondary N) is 2.